The van der Waals surface area contributed by atoms with Crippen LogP contribution in [0, 0.1) is 19.7 Å². The van der Waals surface area contributed by atoms with Crippen molar-refractivity contribution in [1.29, 1.82) is 0 Å². The summed E-state index contributed by atoms with van der Waals surface area (Å²) in [6.07, 6.45) is 0. The van der Waals surface area contributed by atoms with Crippen molar-refractivity contribution >= 4 is 5.91 Å². The van der Waals surface area contributed by atoms with Crippen molar-refractivity contribution in [3.8, 4) is 5.75 Å². The zero-order chi connectivity index (χ0) is 21.8. The molecular weight excluding hydrogens is 397 g/mol. The van der Waals surface area contributed by atoms with Crippen molar-refractivity contribution in [2.45, 2.75) is 27.0 Å². The van der Waals surface area contributed by atoms with E-state index in [-0.39, 0.29) is 24.0 Å². The Morgan fingerprint density at radius 3 is 2.48 bits per heavy atom. The number of carbonyl (C=O) groups is 1. The summed E-state index contributed by atoms with van der Waals surface area (Å²) in [4.78, 5) is 17.3. The largest absolute Gasteiger partial charge is 0.489 e. The maximum atomic E-state index is 13.1. The van der Waals surface area contributed by atoms with E-state index in [1.165, 1.54) is 23.3 Å². The Morgan fingerprint density at radius 1 is 1.06 bits per heavy atom. The van der Waals surface area contributed by atoms with E-state index in [1.54, 1.807) is 19.1 Å². The van der Waals surface area contributed by atoms with Crippen molar-refractivity contribution in [2.75, 3.05) is 26.2 Å². The maximum Gasteiger partial charge on any atom is 0.276 e. The molecule has 0 spiro atoms. The fourth-order valence-electron chi connectivity index (χ4n) is 3.70. The quantitative estimate of drug-likeness (QED) is 0.601. The van der Waals surface area contributed by atoms with Gasteiger partial charge in [-0.15, -0.1) is 0 Å². The summed E-state index contributed by atoms with van der Waals surface area (Å²) < 4.78 is 24.1. The average Bonchev–Trinajstić information content (AvgIpc) is 3.15. The molecule has 6 nitrogen and oxygen atoms in total. The molecule has 7 heteroatoms. The normalized spacial score (nSPS) is 14.6. The molecule has 0 radical (unpaired) electrons. The second kappa shape index (κ2) is 9.31. The van der Waals surface area contributed by atoms with Crippen LogP contribution in [0.25, 0.3) is 0 Å². The topological polar surface area (TPSA) is 58.8 Å². The summed E-state index contributed by atoms with van der Waals surface area (Å²) in [6.45, 7) is 7.77. The van der Waals surface area contributed by atoms with Crippen LogP contribution in [0.2, 0.25) is 0 Å². The van der Waals surface area contributed by atoms with Gasteiger partial charge in [0.25, 0.3) is 5.91 Å². The summed E-state index contributed by atoms with van der Waals surface area (Å²) in [6, 6.07) is 14.1. The van der Waals surface area contributed by atoms with E-state index >= 15 is 0 Å². The lowest BCUT2D eigenvalue weighted by Gasteiger charge is -2.34. The summed E-state index contributed by atoms with van der Waals surface area (Å²) in [5.41, 5.74) is 3.50. The van der Waals surface area contributed by atoms with Crippen LogP contribution >= 0.6 is 0 Å². The number of piperazine rings is 1. The van der Waals surface area contributed by atoms with Crippen LogP contribution in [0.4, 0.5) is 4.39 Å². The fourth-order valence-corrected chi connectivity index (χ4v) is 3.70. The smallest absolute Gasteiger partial charge is 0.276 e. The number of hydrogen-bond donors (Lipinski definition) is 0. The fraction of sp³-hybridized carbons (Fsp3) is 0.333. The Hall–Kier alpha value is -3.19. The van der Waals surface area contributed by atoms with Gasteiger partial charge < -0.3 is 14.2 Å². The molecule has 1 fully saturated rings. The van der Waals surface area contributed by atoms with E-state index < -0.39 is 0 Å². The first-order valence-electron chi connectivity index (χ1n) is 10.4. The standard InChI is InChI=1S/C24H26FN3O3/c1-17-5-3-4-6-19(17)15-27-11-13-28(14-12-27)24(29)23-22(18(2)31-26-23)16-30-21-9-7-20(25)8-10-21/h3-10H,11-16H2,1-2H3. The molecule has 2 heterocycles. The number of carbonyl (C=O) groups excluding carboxylic acids is 1. The van der Waals surface area contributed by atoms with Crippen molar-refractivity contribution in [3.63, 3.8) is 0 Å². The maximum absolute atomic E-state index is 13.1. The molecule has 162 valence electrons. The van der Waals surface area contributed by atoms with Gasteiger partial charge >= 0.3 is 0 Å². The second-order valence-corrected chi connectivity index (χ2v) is 7.80. The number of benzene rings is 2. The number of halogens is 1. The first kappa shape index (κ1) is 21.1. The van der Waals surface area contributed by atoms with E-state index in [9.17, 15) is 9.18 Å². The molecule has 0 unspecified atom stereocenters. The Balaban J connectivity index is 1.37. The first-order chi connectivity index (χ1) is 15.0. The van der Waals surface area contributed by atoms with Crippen LogP contribution in [0.3, 0.4) is 0 Å². The molecule has 0 N–H and O–H groups in total. The zero-order valence-electron chi connectivity index (χ0n) is 17.8. The van der Waals surface area contributed by atoms with Gasteiger partial charge in [0.15, 0.2) is 5.69 Å². The van der Waals surface area contributed by atoms with E-state index in [0.717, 1.165) is 19.6 Å². The van der Waals surface area contributed by atoms with Crippen LogP contribution in [0.5, 0.6) is 5.75 Å². The third-order valence-electron chi connectivity index (χ3n) is 5.70. The summed E-state index contributed by atoms with van der Waals surface area (Å²) in [5, 5.41) is 4.00. The Morgan fingerprint density at radius 2 is 1.77 bits per heavy atom. The predicted octanol–water partition coefficient (Wildman–Crippen LogP) is 3.97. The molecule has 0 aliphatic carbocycles. The minimum atomic E-state index is -0.328. The van der Waals surface area contributed by atoms with Crippen LogP contribution in [-0.2, 0) is 13.2 Å². The number of nitrogens with zero attached hydrogens (tertiary/aromatic N) is 3. The first-order valence-corrected chi connectivity index (χ1v) is 10.4. The van der Waals surface area contributed by atoms with Gasteiger partial charge in [-0.05, 0) is 49.2 Å². The SMILES string of the molecule is Cc1ccccc1CN1CCN(C(=O)c2noc(C)c2COc2ccc(F)cc2)CC1. The second-order valence-electron chi connectivity index (χ2n) is 7.80. The van der Waals surface area contributed by atoms with Gasteiger partial charge in [0.2, 0.25) is 0 Å². The van der Waals surface area contributed by atoms with Gasteiger partial charge in [-0.1, -0.05) is 29.4 Å². The highest BCUT2D eigenvalue weighted by atomic mass is 19.1. The van der Waals surface area contributed by atoms with E-state index in [0.29, 0.717) is 30.2 Å². The minimum Gasteiger partial charge on any atom is -0.489 e. The molecule has 1 aromatic heterocycles. The van der Waals surface area contributed by atoms with Gasteiger partial charge in [-0.2, -0.15) is 0 Å². The average molecular weight is 423 g/mol. The van der Waals surface area contributed by atoms with Crippen molar-refractivity contribution in [3.05, 3.63) is 82.5 Å². The van der Waals surface area contributed by atoms with Crippen LogP contribution in [0.15, 0.2) is 53.1 Å². The van der Waals surface area contributed by atoms with Gasteiger partial charge in [0.1, 0.15) is 23.9 Å². The van der Waals surface area contributed by atoms with Crippen LogP contribution in [-0.4, -0.2) is 47.0 Å². The van der Waals surface area contributed by atoms with Gasteiger partial charge in [-0.3, -0.25) is 9.69 Å². The number of amides is 1. The van der Waals surface area contributed by atoms with E-state index in [1.807, 2.05) is 11.0 Å². The van der Waals surface area contributed by atoms with Crippen molar-refractivity contribution < 1.29 is 18.4 Å². The Labute approximate surface area is 181 Å². The molecule has 31 heavy (non-hydrogen) atoms. The van der Waals surface area contributed by atoms with Gasteiger partial charge in [0, 0.05) is 32.7 Å². The highest BCUT2D eigenvalue weighted by molar-refractivity contribution is 5.93. The number of aromatic nitrogens is 1. The molecule has 1 aliphatic rings. The molecule has 0 bridgehead atoms. The monoisotopic (exact) mass is 423 g/mol. The highest BCUT2D eigenvalue weighted by Crippen LogP contribution is 2.21. The molecule has 1 saturated heterocycles. The minimum absolute atomic E-state index is 0.134. The predicted molar refractivity (Wildman–Crippen MR) is 114 cm³/mol. The van der Waals surface area contributed by atoms with E-state index in [4.69, 9.17) is 9.26 Å². The zero-order valence-corrected chi connectivity index (χ0v) is 17.8. The Kier molecular flexibility index (Phi) is 6.32. The summed E-state index contributed by atoms with van der Waals surface area (Å²) >= 11 is 0. The number of rotatable bonds is 6. The van der Waals surface area contributed by atoms with Gasteiger partial charge in [0.05, 0.1) is 5.56 Å². The third kappa shape index (κ3) is 4.94. The van der Waals surface area contributed by atoms with Gasteiger partial charge in [-0.25, -0.2) is 4.39 Å². The highest BCUT2D eigenvalue weighted by Gasteiger charge is 2.28. The summed E-state index contributed by atoms with van der Waals surface area (Å²) in [7, 11) is 0. The van der Waals surface area contributed by atoms with Crippen LogP contribution in [0.1, 0.15) is 32.9 Å². The molecule has 1 aliphatic heterocycles. The Bertz CT molecular complexity index is 1040. The molecule has 0 atom stereocenters. The summed E-state index contributed by atoms with van der Waals surface area (Å²) in [5.74, 6) is 0.588. The van der Waals surface area contributed by atoms with Crippen molar-refractivity contribution in [1.82, 2.24) is 15.0 Å². The lowest BCUT2D eigenvalue weighted by Crippen LogP contribution is -2.48. The number of hydrogen-bond acceptors (Lipinski definition) is 5. The van der Waals surface area contributed by atoms with Crippen LogP contribution < -0.4 is 4.74 Å². The molecule has 4 rings (SSSR count). The molecule has 1 amide bonds. The number of ether oxygens (including phenoxy) is 1. The lowest BCUT2D eigenvalue weighted by atomic mass is 10.1. The van der Waals surface area contributed by atoms with E-state index in [2.05, 4.69) is 35.2 Å². The molecule has 0 saturated carbocycles. The van der Waals surface area contributed by atoms with Crippen molar-refractivity contribution in [2.24, 2.45) is 0 Å². The third-order valence-corrected chi connectivity index (χ3v) is 5.70. The lowest BCUT2D eigenvalue weighted by molar-refractivity contribution is 0.0616. The molecular formula is C24H26FN3O3. The molecule has 2 aromatic carbocycles. The number of aryl methyl sites for hydroxylation is 2. The molecule has 3 aromatic rings.